The monoisotopic (exact) mass is 670 g/mol. The molecule has 0 aromatic heterocycles. The van der Waals surface area contributed by atoms with Crippen LogP contribution in [0.5, 0.6) is 0 Å². The zero-order valence-corrected chi connectivity index (χ0v) is 26.6. The zero-order chi connectivity index (χ0) is 34.5. The van der Waals surface area contributed by atoms with Crippen molar-refractivity contribution in [3.05, 3.63) is 71.8 Å². The Hall–Kier alpha value is -4.61. The molecule has 2 fully saturated rings. The Kier molecular flexibility index (Phi) is 13.6. The highest BCUT2D eigenvalue weighted by Gasteiger charge is 2.50. The van der Waals surface area contributed by atoms with Crippen LogP contribution in [0.3, 0.4) is 0 Å². The van der Waals surface area contributed by atoms with Gasteiger partial charge in [-0.15, -0.1) is 0 Å². The number of aliphatic hydroxyl groups excluding tert-OH is 1. The molecule has 0 bridgehead atoms. The molecule has 2 heterocycles. The van der Waals surface area contributed by atoms with Crippen LogP contribution in [-0.4, -0.2) is 97.8 Å². The van der Waals surface area contributed by atoms with Crippen LogP contribution in [0.15, 0.2) is 60.7 Å². The van der Waals surface area contributed by atoms with Gasteiger partial charge in [0.05, 0.1) is 19.3 Å². The minimum absolute atomic E-state index is 0.0295. The summed E-state index contributed by atoms with van der Waals surface area (Å²) in [7, 11) is 0. The van der Waals surface area contributed by atoms with Gasteiger partial charge in [-0.2, -0.15) is 0 Å². The summed E-state index contributed by atoms with van der Waals surface area (Å²) in [5.74, 6) is -1.23. The van der Waals surface area contributed by atoms with Crippen molar-refractivity contribution >= 4 is 30.2 Å². The summed E-state index contributed by atoms with van der Waals surface area (Å²) in [5.41, 5.74) is 6.68. The molecule has 0 saturated carbocycles. The van der Waals surface area contributed by atoms with Crippen LogP contribution in [-0.2, 0) is 39.8 Å². The quantitative estimate of drug-likeness (QED) is 0.0802. The number of hydrazine groups is 1. The summed E-state index contributed by atoms with van der Waals surface area (Å²) in [6.07, 6.45) is -4.00. The lowest BCUT2D eigenvalue weighted by Gasteiger charge is -2.48. The number of fused-ring (bicyclic) bond motifs is 1. The van der Waals surface area contributed by atoms with Gasteiger partial charge in [-0.3, -0.25) is 10.2 Å². The second-order valence-electron chi connectivity index (χ2n) is 11.2. The molecule has 2 aromatic carbocycles. The molecule has 0 radical (unpaired) electrons. The van der Waals surface area contributed by atoms with Crippen molar-refractivity contribution in [2.24, 2.45) is 0 Å². The Morgan fingerprint density at radius 3 is 2.38 bits per heavy atom. The van der Waals surface area contributed by atoms with Crippen LogP contribution >= 0.6 is 0 Å². The van der Waals surface area contributed by atoms with Gasteiger partial charge in [0.1, 0.15) is 36.7 Å². The Bertz CT molecular complexity index is 1370. The lowest BCUT2D eigenvalue weighted by Crippen LogP contribution is -2.70. The number of nitrogens with one attached hydrogen (secondary N) is 6. The number of hydrogen-bond acceptors (Lipinski definition) is 11. The molecule has 16 nitrogen and oxygen atoms in total. The normalized spacial score (nSPS) is 24.5. The Morgan fingerprint density at radius 1 is 1.00 bits per heavy atom. The van der Waals surface area contributed by atoms with E-state index in [2.05, 4.69) is 32.1 Å². The molecule has 2 saturated heterocycles. The number of esters is 1. The number of aldehydes is 1. The largest absolute Gasteiger partial charge is 0.464 e. The number of hydrogen-bond donors (Lipinski definition) is 7. The third kappa shape index (κ3) is 10.4. The van der Waals surface area contributed by atoms with Gasteiger partial charge in [0.25, 0.3) is 0 Å². The van der Waals surface area contributed by atoms with E-state index in [0.29, 0.717) is 12.7 Å². The minimum atomic E-state index is -1.29. The molecule has 5 amide bonds. The van der Waals surface area contributed by atoms with E-state index in [1.54, 1.807) is 6.92 Å². The van der Waals surface area contributed by atoms with Crippen LogP contribution in [0.2, 0.25) is 0 Å². The average Bonchev–Trinajstić information content (AvgIpc) is 3.08. The molecular formula is C32H42N6O10. The van der Waals surface area contributed by atoms with Gasteiger partial charge >= 0.3 is 18.0 Å². The molecule has 4 rings (SSSR count). The first-order valence-corrected chi connectivity index (χ1v) is 15.6. The van der Waals surface area contributed by atoms with Crippen LogP contribution in [0.4, 0.5) is 9.59 Å². The third-order valence-corrected chi connectivity index (χ3v) is 7.55. The lowest BCUT2D eigenvalue weighted by molar-refractivity contribution is -0.316. The number of rotatable bonds is 14. The first-order valence-electron chi connectivity index (χ1n) is 15.6. The molecule has 260 valence electrons. The van der Waals surface area contributed by atoms with Crippen LogP contribution < -0.4 is 32.1 Å². The highest BCUT2D eigenvalue weighted by molar-refractivity contribution is 5.84. The summed E-state index contributed by atoms with van der Waals surface area (Å²) in [6.45, 7) is 2.87. The van der Waals surface area contributed by atoms with Crippen LogP contribution in [0.1, 0.15) is 37.7 Å². The van der Waals surface area contributed by atoms with Crippen molar-refractivity contribution in [2.45, 2.75) is 75.6 Å². The molecule has 2 aromatic rings. The number of carbonyl (C=O) groups excluding carboxylic acids is 5. The number of carbonyl (C=O) groups is 5. The molecule has 2 aliphatic heterocycles. The first kappa shape index (κ1) is 36.2. The van der Waals surface area contributed by atoms with Gasteiger partial charge in [0, 0.05) is 19.0 Å². The highest BCUT2D eigenvalue weighted by Crippen LogP contribution is 2.33. The van der Waals surface area contributed by atoms with Crippen molar-refractivity contribution in [1.82, 2.24) is 32.1 Å². The maximum Gasteiger partial charge on any atom is 0.329 e. The topological polar surface area (TPSA) is 215 Å². The molecule has 8 atom stereocenters. The SMILES string of the molecule is CCOC(=O)[C@H](CCNC(=O)NN[C@@H](C=O)Cc1ccccc1)NC(=O)NC1O[C@@H]2COC(c3ccccc3)O[C@H]2[C@H](O)[C@H]1NC(C)=O. The van der Waals surface area contributed by atoms with Crippen molar-refractivity contribution in [2.75, 3.05) is 19.8 Å². The molecule has 16 heteroatoms. The number of benzene rings is 2. The molecule has 7 N–H and O–H groups in total. The zero-order valence-electron chi connectivity index (χ0n) is 26.6. The van der Waals surface area contributed by atoms with Gasteiger partial charge in [0.2, 0.25) is 5.91 Å². The van der Waals surface area contributed by atoms with Gasteiger partial charge in [-0.05, 0) is 25.3 Å². The van der Waals surface area contributed by atoms with E-state index in [1.807, 2.05) is 60.7 Å². The first-order chi connectivity index (χ1) is 23.2. The van der Waals surface area contributed by atoms with E-state index in [0.717, 1.165) is 11.1 Å². The van der Waals surface area contributed by atoms with E-state index in [9.17, 15) is 29.1 Å². The van der Waals surface area contributed by atoms with E-state index < -0.39 is 72.9 Å². The van der Waals surface area contributed by atoms with Crippen molar-refractivity contribution in [3.63, 3.8) is 0 Å². The smallest absolute Gasteiger partial charge is 0.329 e. The number of aliphatic hydroxyl groups is 1. The van der Waals surface area contributed by atoms with E-state index in [1.165, 1.54) is 6.92 Å². The molecule has 48 heavy (non-hydrogen) atoms. The number of ether oxygens (including phenoxy) is 4. The summed E-state index contributed by atoms with van der Waals surface area (Å²) in [6, 6.07) is 13.9. The van der Waals surface area contributed by atoms with Crippen LogP contribution in [0.25, 0.3) is 0 Å². The molecule has 2 unspecified atom stereocenters. The summed E-state index contributed by atoms with van der Waals surface area (Å²) < 4.78 is 22.9. The fourth-order valence-electron chi connectivity index (χ4n) is 5.28. The van der Waals surface area contributed by atoms with Gasteiger partial charge in [-0.25, -0.2) is 19.8 Å². The summed E-state index contributed by atoms with van der Waals surface area (Å²) in [5, 5.41) is 21.5. The summed E-state index contributed by atoms with van der Waals surface area (Å²) in [4.78, 5) is 61.6. The number of amides is 5. The number of urea groups is 2. The Balaban J connectivity index is 1.30. The molecule has 2 aliphatic rings. The van der Waals surface area contributed by atoms with Crippen molar-refractivity contribution < 1.29 is 48.0 Å². The Morgan fingerprint density at radius 2 is 1.71 bits per heavy atom. The molecular weight excluding hydrogens is 628 g/mol. The maximum absolute atomic E-state index is 13.1. The van der Waals surface area contributed by atoms with Crippen molar-refractivity contribution in [1.29, 1.82) is 0 Å². The van der Waals surface area contributed by atoms with Gasteiger partial charge < -0.3 is 50.1 Å². The highest BCUT2D eigenvalue weighted by atomic mass is 16.7. The predicted octanol–water partition coefficient (Wildman–Crippen LogP) is -0.0739. The van der Waals surface area contributed by atoms with E-state index in [4.69, 9.17) is 18.9 Å². The molecule has 0 aliphatic carbocycles. The standard InChI is InChI=1S/C32H42N6O10/c1-3-45-29(42)23(14-15-33-31(43)38-37-22(17-39)16-20-10-6-4-7-11-20)35-32(44)36-28-25(34-19(2)40)26(41)27-24(47-28)18-46-30(48-27)21-12-8-5-9-13-21/h4-13,17,22-28,30,37,41H,3,14-16,18H2,1-2H3,(H,34,40)(H2,33,38,43)(H2,35,36,44)/t22-,23+,24-,25-,26-,27-,28?,30?/m1/s1. The van der Waals surface area contributed by atoms with Crippen LogP contribution in [0, 0.1) is 0 Å². The fraction of sp³-hybridized carbons (Fsp3) is 0.469. The van der Waals surface area contributed by atoms with E-state index in [-0.39, 0.29) is 26.2 Å². The lowest BCUT2D eigenvalue weighted by atomic mass is 9.94. The van der Waals surface area contributed by atoms with Gasteiger partial charge in [0.15, 0.2) is 12.5 Å². The average molecular weight is 671 g/mol. The van der Waals surface area contributed by atoms with E-state index >= 15 is 0 Å². The predicted molar refractivity (Wildman–Crippen MR) is 169 cm³/mol. The second kappa shape index (κ2) is 18.1. The second-order valence-corrected chi connectivity index (χ2v) is 11.2. The molecule has 0 spiro atoms. The Labute approximate surface area is 277 Å². The minimum Gasteiger partial charge on any atom is -0.464 e. The van der Waals surface area contributed by atoms with Gasteiger partial charge in [-0.1, -0.05) is 60.7 Å². The summed E-state index contributed by atoms with van der Waals surface area (Å²) >= 11 is 0. The van der Waals surface area contributed by atoms with Crippen molar-refractivity contribution in [3.8, 4) is 0 Å². The maximum atomic E-state index is 13.1. The third-order valence-electron chi connectivity index (χ3n) is 7.55. The fourth-order valence-corrected chi connectivity index (χ4v) is 5.28.